The van der Waals surface area contributed by atoms with Crippen LogP contribution in [0.5, 0.6) is 5.75 Å². The predicted octanol–water partition coefficient (Wildman–Crippen LogP) is 4.52. The highest BCUT2D eigenvalue weighted by molar-refractivity contribution is 7.99. The van der Waals surface area contributed by atoms with Gasteiger partial charge in [-0.3, -0.25) is 0 Å². The standard InChI is InChI=1S/C15H16ClNOS/c1-10(17)11-7-8-14(12(16)9-11)19-15-6-4-3-5-13(15)18-2/h3-10H,17H2,1-2H3/t10-/m1/s1. The second kappa shape index (κ2) is 6.33. The van der Waals surface area contributed by atoms with Gasteiger partial charge in [-0.15, -0.1) is 0 Å². The monoisotopic (exact) mass is 293 g/mol. The minimum atomic E-state index is -0.0113. The average molecular weight is 294 g/mol. The highest BCUT2D eigenvalue weighted by Gasteiger charge is 2.09. The summed E-state index contributed by atoms with van der Waals surface area (Å²) in [5, 5.41) is 0.714. The third kappa shape index (κ3) is 3.44. The SMILES string of the molecule is COc1ccccc1Sc1ccc([C@@H](C)N)cc1Cl. The first-order valence-corrected chi connectivity index (χ1v) is 7.17. The molecule has 0 bridgehead atoms. The van der Waals surface area contributed by atoms with Crippen molar-refractivity contribution in [1.82, 2.24) is 0 Å². The summed E-state index contributed by atoms with van der Waals surface area (Å²) in [5.41, 5.74) is 6.88. The van der Waals surface area contributed by atoms with Gasteiger partial charge in [-0.1, -0.05) is 41.6 Å². The highest BCUT2D eigenvalue weighted by atomic mass is 35.5. The molecule has 0 aliphatic heterocycles. The van der Waals surface area contributed by atoms with Crippen molar-refractivity contribution in [2.45, 2.75) is 22.8 Å². The number of halogens is 1. The van der Waals surface area contributed by atoms with Crippen LogP contribution in [0, 0.1) is 0 Å². The molecule has 100 valence electrons. The quantitative estimate of drug-likeness (QED) is 0.900. The van der Waals surface area contributed by atoms with E-state index < -0.39 is 0 Å². The van der Waals surface area contributed by atoms with Gasteiger partial charge in [-0.2, -0.15) is 0 Å². The molecule has 0 aliphatic rings. The minimum Gasteiger partial charge on any atom is -0.496 e. The van der Waals surface area contributed by atoms with Crippen LogP contribution < -0.4 is 10.5 Å². The van der Waals surface area contributed by atoms with E-state index in [1.54, 1.807) is 18.9 Å². The van der Waals surface area contributed by atoms with Gasteiger partial charge < -0.3 is 10.5 Å². The number of rotatable bonds is 4. The van der Waals surface area contributed by atoms with Gasteiger partial charge in [0.1, 0.15) is 5.75 Å². The Balaban J connectivity index is 2.28. The molecule has 0 spiro atoms. The Hall–Kier alpha value is -1.16. The number of para-hydroxylation sites is 1. The van der Waals surface area contributed by atoms with Gasteiger partial charge in [0, 0.05) is 10.9 Å². The van der Waals surface area contributed by atoms with Crippen LogP contribution in [-0.2, 0) is 0 Å². The smallest absolute Gasteiger partial charge is 0.132 e. The molecule has 0 radical (unpaired) electrons. The van der Waals surface area contributed by atoms with Gasteiger partial charge >= 0.3 is 0 Å². The maximum absolute atomic E-state index is 6.30. The molecule has 2 N–H and O–H groups in total. The van der Waals surface area contributed by atoms with Crippen molar-refractivity contribution in [1.29, 1.82) is 0 Å². The van der Waals surface area contributed by atoms with Crippen molar-refractivity contribution in [3.8, 4) is 5.75 Å². The van der Waals surface area contributed by atoms with Gasteiger partial charge in [-0.25, -0.2) is 0 Å². The Morgan fingerprint density at radius 2 is 1.89 bits per heavy atom. The zero-order chi connectivity index (χ0) is 13.8. The molecule has 0 unspecified atom stereocenters. The van der Waals surface area contributed by atoms with E-state index in [2.05, 4.69) is 0 Å². The zero-order valence-corrected chi connectivity index (χ0v) is 12.5. The first-order valence-electron chi connectivity index (χ1n) is 5.97. The largest absolute Gasteiger partial charge is 0.496 e. The van der Waals surface area contributed by atoms with Crippen molar-refractivity contribution >= 4 is 23.4 Å². The minimum absolute atomic E-state index is 0.0113. The molecule has 0 fully saturated rings. The zero-order valence-electron chi connectivity index (χ0n) is 10.9. The van der Waals surface area contributed by atoms with Crippen molar-refractivity contribution in [3.63, 3.8) is 0 Å². The lowest BCUT2D eigenvalue weighted by Gasteiger charge is -2.11. The van der Waals surface area contributed by atoms with Crippen LogP contribution >= 0.6 is 23.4 Å². The maximum atomic E-state index is 6.30. The molecule has 2 aromatic rings. The van der Waals surface area contributed by atoms with Gasteiger partial charge in [0.15, 0.2) is 0 Å². The molecular weight excluding hydrogens is 278 g/mol. The molecule has 0 heterocycles. The Kier molecular flexibility index (Phi) is 4.75. The summed E-state index contributed by atoms with van der Waals surface area (Å²) >= 11 is 7.89. The Morgan fingerprint density at radius 1 is 1.16 bits per heavy atom. The van der Waals surface area contributed by atoms with E-state index in [4.69, 9.17) is 22.1 Å². The molecular formula is C15H16ClNOS. The van der Waals surface area contributed by atoms with Crippen LogP contribution in [0.3, 0.4) is 0 Å². The fourth-order valence-corrected chi connectivity index (χ4v) is 2.94. The maximum Gasteiger partial charge on any atom is 0.132 e. The van der Waals surface area contributed by atoms with Crippen LogP contribution in [0.4, 0.5) is 0 Å². The van der Waals surface area contributed by atoms with E-state index in [0.717, 1.165) is 21.1 Å². The summed E-state index contributed by atoms with van der Waals surface area (Å²) < 4.78 is 5.34. The first-order chi connectivity index (χ1) is 9.11. The molecule has 0 amide bonds. The van der Waals surface area contributed by atoms with Gasteiger partial charge in [0.05, 0.1) is 17.0 Å². The van der Waals surface area contributed by atoms with Crippen molar-refractivity contribution < 1.29 is 4.74 Å². The van der Waals surface area contributed by atoms with E-state index in [-0.39, 0.29) is 6.04 Å². The van der Waals surface area contributed by atoms with Crippen LogP contribution in [0.15, 0.2) is 52.3 Å². The summed E-state index contributed by atoms with van der Waals surface area (Å²) in [7, 11) is 1.67. The Labute approximate surface area is 122 Å². The van der Waals surface area contributed by atoms with Crippen LogP contribution in [0.2, 0.25) is 5.02 Å². The number of ether oxygens (including phenoxy) is 1. The van der Waals surface area contributed by atoms with Crippen molar-refractivity contribution in [2.24, 2.45) is 5.73 Å². The summed E-state index contributed by atoms with van der Waals surface area (Å²) in [5.74, 6) is 0.847. The van der Waals surface area contributed by atoms with Gasteiger partial charge in [0.25, 0.3) is 0 Å². The third-order valence-electron chi connectivity index (χ3n) is 2.77. The molecule has 19 heavy (non-hydrogen) atoms. The molecule has 2 nitrogen and oxygen atoms in total. The van der Waals surface area contributed by atoms with E-state index in [1.807, 2.05) is 49.4 Å². The van der Waals surface area contributed by atoms with Crippen molar-refractivity contribution in [2.75, 3.05) is 7.11 Å². The highest BCUT2D eigenvalue weighted by Crippen LogP contribution is 2.38. The lowest BCUT2D eigenvalue weighted by molar-refractivity contribution is 0.405. The Morgan fingerprint density at radius 3 is 2.53 bits per heavy atom. The fourth-order valence-electron chi connectivity index (χ4n) is 1.70. The molecule has 0 aromatic heterocycles. The summed E-state index contributed by atoms with van der Waals surface area (Å²) in [6.45, 7) is 1.94. The van der Waals surface area contributed by atoms with Crippen LogP contribution in [0.25, 0.3) is 0 Å². The molecule has 0 saturated carbocycles. The number of nitrogens with two attached hydrogens (primary N) is 1. The second-order valence-corrected chi connectivity index (χ2v) is 5.72. The summed E-state index contributed by atoms with van der Waals surface area (Å²) in [6, 6.07) is 13.8. The summed E-state index contributed by atoms with van der Waals surface area (Å²) in [6.07, 6.45) is 0. The topological polar surface area (TPSA) is 35.2 Å². The lowest BCUT2D eigenvalue weighted by atomic mass is 10.1. The van der Waals surface area contributed by atoms with Gasteiger partial charge in [0.2, 0.25) is 0 Å². The Bertz CT molecular complexity index is 572. The average Bonchev–Trinajstić information content (AvgIpc) is 2.41. The molecule has 0 saturated heterocycles. The lowest BCUT2D eigenvalue weighted by Crippen LogP contribution is -2.04. The molecule has 1 atom stereocenters. The normalized spacial score (nSPS) is 12.2. The molecule has 4 heteroatoms. The number of benzene rings is 2. The van der Waals surface area contributed by atoms with Crippen molar-refractivity contribution in [3.05, 3.63) is 53.1 Å². The van der Waals surface area contributed by atoms with E-state index >= 15 is 0 Å². The predicted molar refractivity (Wildman–Crippen MR) is 81.2 cm³/mol. The van der Waals surface area contributed by atoms with Crippen LogP contribution in [-0.4, -0.2) is 7.11 Å². The molecule has 2 rings (SSSR count). The second-order valence-electron chi connectivity index (χ2n) is 4.23. The number of hydrogen-bond acceptors (Lipinski definition) is 3. The first kappa shape index (κ1) is 14.3. The van der Waals surface area contributed by atoms with E-state index in [1.165, 1.54) is 0 Å². The number of methoxy groups -OCH3 is 1. The van der Waals surface area contributed by atoms with Crippen LogP contribution in [0.1, 0.15) is 18.5 Å². The third-order valence-corrected chi connectivity index (χ3v) is 4.33. The molecule has 2 aromatic carbocycles. The van der Waals surface area contributed by atoms with E-state index in [9.17, 15) is 0 Å². The summed E-state index contributed by atoms with van der Waals surface area (Å²) in [4.78, 5) is 2.04. The number of hydrogen-bond donors (Lipinski definition) is 1. The van der Waals surface area contributed by atoms with E-state index in [0.29, 0.717) is 5.02 Å². The molecule has 0 aliphatic carbocycles. The van der Waals surface area contributed by atoms with Gasteiger partial charge in [-0.05, 0) is 36.8 Å². The fraction of sp³-hybridized carbons (Fsp3) is 0.200.